The van der Waals surface area contributed by atoms with Crippen molar-refractivity contribution in [3.63, 3.8) is 0 Å². The minimum Gasteiger partial charge on any atom is -0.481 e. The largest absolute Gasteiger partial charge is 0.481 e. The highest BCUT2D eigenvalue weighted by molar-refractivity contribution is 5.77. The first kappa shape index (κ1) is 14.2. The molecule has 1 aliphatic carbocycles. The number of piperidine rings is 1. The lowest BCUT2D eigenvalue weighted by atomic mass is 9.76. The summed E-state index contributed by atoms with van der Waals surface area (Å²) < 4.78 is 0. The van der Waals surface area contributed by atoms with Crippen LogP contribution in [0.5, 0.6) is 0 Å². The molecule has 0 bridgehead atoms. The lowest BCUT2D eigenvalue weighted by Crippen LogP contribution is -2.50. The molecule has 0 aromatic heterocycles. The molecule has 5 nitrogen and oxygen atoms in total. The average molecular weight is 268 g/mol. The highest BCUT2D eigenvalue weighted by Crippen LogP contribution is 2.44. The minimum atomic E-state index is -0.724. The fourth-order valence-corrected chi connectivity index (χ4v) is 2.81. The topological polar surface area (TPSA) is 69.6 Å². The number of carbonyl (C=O) groups excluding carboxylic acids is 1. The Labute approximate surface area is 114 Å². The number of rotatable bonds is 3. The summed E-state index contributed by atoms with van der Waals surface area (Å²) in [6.07, 6.45) is 2.77. The van der Waals surface area contributed by atoms with Crippen LogP contribution in [-0.2, 0) is 4.79 Å². The Hall–Kier alpha value is -1.26. The van der Waals surface area contributed by atoms with E-state index in [-0.39, 0.29) is 17.5 Å². The predicted octanol–water partition coefficient (Wildman–Crippen LogP) is 2.07. The van der Waals surface area contributed by atoms with Gasteiger partial charge in [0.1, 0.15) is 0 Å². The monoisotopic (exact) mass is 268 g/mol. The molecule has 2 rings (SSSR count). The van der Waals surface area contributed by atoms with E-state index in [1.807, 2.05) is 6.92 Å². The number of hydrogen-bond donors (Lipinski definition) is 2. The van der Waals surface area contributed by atoms with Crippen LogP contribution in [0.1, 0.15) is 46.5 Å². The Balaban J connectivity index is 1.86. The number of carbonyl (C=O) groups is 2. The Kier molecular flexibility index (Phi) is 3.49. The summed E-state index contributed by atoms with van der Waals surface area (Å²) in [7, 11) is 0. The normalized spacial score (nSPS) is 27.7. The molecule has 1 aliphatic heterocycles. The molecule has 2 amide bonds. The lowest BCUT2D eigenvalue weighted by molar-refractivity contribution is -0.151. The third-order valence-corrected chi connectivity index (χ3v) is 4.95. The van der Waals surface area contributed by atoms with E-state index in [0.29, 0.717) is 32.4 Å². The summed E-state index contributed by atoms with van der Waals surface area (Å²) in [5.41, 5.74) is -0.407. The number of carboxylic acids is 1. The van der Waals surface area contributed by atoms with Crippen molar-refractivity contribution in [2.45, 2.75) is 52.5 Å². The van der Waals surface area contributed by atoms with Crippen molar-refractivity contribution < 1.29 is 14.7 Å². The highest BCUT2D eigenvalue weighted by atomic mass is 16.4. The molecule has 1 saturated carbocycles. The van der Waals surface area contributed by atoms with Crippen LogP contribution in [0.15, 0.2) is 0 Å². The number of aliphatic carboxylic acids is 1. The summed E-state index contributed by atoms with van der Waals surface area (Å²) in [6, 6.07) is 0.239. The van der Waals surface area contributed by atoms with Gasteiger partial charge in [0.25, 0.3) is 0 Å². The van der Waals surface area contributed by atoms with E-state index in [2.05, 4.69) is 19.2 Å². The number of hydrogen-bond acceptors (Lipinski definition) is 2. The highest BCUT2D eigenvalue weighted by Gasteiger charge is 2.48. The molecule has 0 spiro atoms. The SMILES string of the molecule is CCC1(C(=O)O)CCN(C(=O)NC2CC2(C)C)CC1. The second-order valence-electron chi connectivity index (χ2n) is 6.62. The maximum atomic E-state index is 12.1. The molecule has 0 aromatic rings. The van der Waals surface area contributed by atoms with Gasteiger partial charge < -0.3 is 15.3 Å². The van der Waals surface area contributed by atoms with Crippen LogP contribution in [0.2, 0.25) is 0 Å². The summed E-state index contributed by atoms with van der Waals surface area (Å²) in [6.45, 7) is 7.27. The average Bonchev–Trinajstić information content (AvgIpc) is 2.96. The van der Waals surface area contributed by atoms with Gasteiger partial charge in [0.05, 0.1) is 5.41 Å². The van der Waals surface area contributed by atoms with Crippen LogP contribution < -0.4 is 5.32 Å². The molecule has 5 heteroatoms. The van der Waals surface area contributed by atoms with E-state index in [1.165, 1.54) is 0 Å². The quantitative estimate of drug-likeness (QED) is 0.823. The smallest absolute Gasteiger partial charge is 0.317 e. The summed E-state index contributed by atoms with van der Waals surface area (Å²) in [5, 5.41) is 12.3. The van der Waals surface area contributed by atoms with Crippen LogP contribution in [-0.4, -0.2) is 41.1 Å². The maximum Gasteiger partial charge on any atom is 0.317 e. The Morgan fingerprint density at radius 2 is 1.84 bits per heavy atom. The molecule has 0 aromatic carbocycles. The molecule has 2 N–H and O–H groups in total. The van der Waals surface area contributed by atoms with Crippen molar-refractivity contribution in [2.24, 2.45) is 10.8 Å². The summed E-state index contributed by atoms with van der Waals surface area (Å²) in [5.74, 6) is -0.724. The number of nitrogens with zero attached hydrogens (tertiary/aromatic N) is 1. The van der Waals surface area contributed by atoms with Gasteiger partial charge in [-0.25, -0.2) is 4.79 Å². The molecule has 108 valence electrons. The van der Waals surface area contributed by atoms with Crippen molar-refractivity contribution in [3.8, 4) is 0 Å². The molecule has 1 saturated heterocycles. The van der Waals surface area contributed by atoms with Gasteiger partial charge in [-0.15, -0.1) is 0 Å². The van der Waals surface area contributed by atoms with Gasteiger partial charge >= 0.3 is 12.0 Å². The van der Waals surface area contributed by atoms with E-state index in [9.17, 15) is 14.7 Å². The first-order valence-electron chi connectivity index (χ1n) is 7.09. The van der Waals surface area contributed by atoms with Crippen LogP contribution in [0.4, 0.5) is 4.79 Å². The molecule has 1 heterocycles. The van der Waals surface area contributed by atoms with E-state index >= 15 is 0 Å². The molecule has 2 fully saturated rings. The van der Waals surface area contributed by atoms with Gasteiger partial charge in [0.15, 0.2) is 0 Å². The van der Waals surface area contributed by atoms with Crippen molar-refractivity contribution in [3.05, 3.63) is 0 Å². The van der Waals surface area contributed by atoms with Gasteiger partial charge in [-0.1, -0.05) is 20.8 Å². The van der Waals surface area contributed by atoms with Crippen LogP contribution in [0.25, 0.3) is 0 Å². The van der Waals surface area contributed by atoms with Crippen molar-refractivity contribution in [1.82, 2.24) is 10.2 Å². The van der Waals surface area contributed by atoms with E-state index in [4.69, 9.17) is 0 Å². The summed E-state index contributed by atoms with van der Waals surface area (Å²) >= 11 is 0. The molecule has 1 unspecified atom stereocenters. The number of likely N-dealkylation sites (tertiary alicyclic amines) is 1. The van der Waals surface area contributed by atoms with Gasteiger partial charge in [-0.05, 0) is 31.1 Å². The number of urea groups is 1. The van der Waals surface area contributed by atoms with Crippen LogP contribution in [0.3, 0.4) is 0 Å². The molecular weight excluding hydrogens is 244 g/mol. The van der Waals surface area contributed by atoms with Gasteiger partial charge in [-0.3, -0.25) is 4.79 Å². The van der Waals surface area contributed by atoms with Gasteiger partial charge in [0, 0.05) is 19.1 Å². The zero-order chi connectivity index (χ0) is 14.3. The van der Waals surface area contributed by atoms with Crippen LogP contribution in [0, 0.1) is 10.8 Å². The molecule has 19 heavy (non-hydrogen) atoms. The molecule has 1 atom stereocenters. The zero-order valence-electron chi connectivity index (χ0n) is 12.0. The molecular formula is C14H24N2O3. The van der Waals surface area contributed by atoms with Gasteiger partial charge in [0.2, 0.25) is 0 Å². The van der Waals surface area contributed by atoms with Crippen LogP contribution >= 0.6 is 0 Å². The number of carboxylic acid groups (broad SMARTS) is 1. The molecule has 0 radical (unpaired) electrons. The Morgan fingerprint density at radius 1 is 1.32 bits per heavy atom. The zero-order valence-corrected chi connectivity index (χ0v) is 12.0. The second kappa shape index (κ2) is 4.69. The molecule has 2 aliphatic rings. The number of amides is 2. The van der Waals surface area contributed by atoms with E-state index in [1.54, 1.807) is 4.90 Å². The standard InChI is InChI=1S/C14H24N2O3/c1-4-14(11(17)18)5-7-16(8-6-14)12(19)15-10-9-13(10,2)3/h10H,4-9H2,1-3H3,(H,15,19)(H,17,18). The van der Waals surface area contributed by atoms with E-state index < -0.39 is 11.4 Å². The Morgan fingerprint density at radius 3 is 2.21 bits per heavy atom. The third kappa shape index (κ3) is 2.69. The minimum absolute atomic E-state index is 0.0364. The predicted molar refractivity (Wildman–Crippen MR) is 71.9 cm³/mol. The summed E-state index contributed by atoms with van der Waals surface area (Å²) in [4.78, 5) is 25.2. The van der Waals surface area contributed by atoms with Crippen molar-refractivity contribution >= 4 is 12.0 Å². The van der Waals surface area contributed by atoms with Crippen molar-refractivity contribution in [1.29, 1.82) is 0 Å². The first-order chi connectivity index (χ1) is 8.81. The fraction of sp³-hybridized carbons (Fsp3) is 0.857. The number of nitrogens with one attached hydrogen (secondary N) is 1. The maximum absolute atomic E-state index is 12.1. The van der Waals surface area contributed by atoms with Gasteiger partial charge in [-0.2, -0.15) is 0 Å². The van der Waals surface area contributed by atoms with E-state index in [0.717, 1.165) is 6.42 Å². The first-order valence-corrected chi connectivity index (χ1v) is 7.09. The third-order valence-electron chi connectivity index (χ3n) is 4.95. The fourth-order valence-electron chi connectivity index (χ4n) is 2.81. The Bertz CT molecular complexity index is 384. The lowest BCUT2D eigenvalue weighted by Gasteiger charge is -2.38. The second-order valence-corrected chi connectivity index (χ2v) is 6.62. The van der Waals surface area contributed by atoms with Crippen molar-refractivity contribution in [2.75, 3.05) is 13.1 Å².